The van der Waals surface area contributed by atoms with Crippen LogP contribution in [0.4, 0.5) is 19.0 Å². The Morgan fingerprint density at radius 2 is 2.00 bits per heavy atom. The normalized spacial score (nSPS) is 16.9. The second-order valence-corrected chi connectivity index (χ2v) is 5.98. The minimum atomic E-state index is -4.36. The Kier molecular flexibility index (Phi) is 5.22. The highest BCUT2D eigenvalue weighted by atomic mass is 19.4. The van der Waals surface area contributed by atoms with Gasteiger partial charge < -0.3 is 9.42 Å². The standard InChI is InChI=1S/C16H20F3N5O/c1-2-13-21-15(25-22-13)11-23-6-3-7-24(9-8-23)14-5-4-12(10-20-14)16(17,18)19/h4-5,10H,2-3,6-9,11H2,1H3. The quantitative estimate of drug-likeness (QED) is 0.841. The third-order valence-corrected chi connectivity index (χ3v) is 4.17. The molecule has 1 saturated heterocycles. The first-order valence-corrected chi connectivity index (χ1v) is 8.27. The summed E-state index contributed by atoms with van der Waals surface area (Å²) in [6, 6.07) is 2.51. The molecule has 3 heterocycles. The summed E-state index contributed by atoms with van der Waals surface area (Å²) in [6.07, 6.45) is -1.85. The van der Waals surface area contributed by atoms with Gasteiger partial charge in [0.05, 0.1) is 12.1 Å². The van der Waals surface area contributed by atoms with Crippen molar-refractivity contribution in [2.45, 2.75) is 32.5 Å². The highest BCUT2D eigenvalue weighted by molar-refractivity contribution is 5.40. The van der Waals surface area contributed by atoms with E-state index < -0.39 is 11.7 Å². The van der Waals surface area contributed by atoms with Gasteiger partial charge in [-0.3, -0.25) is 4.90 Å². The van der Waals surface area contributed by atoms with Crippen molar-refractivity contribution in [2.75, 3.05) is 31.1 Å². The number of rotatable bonds is 4. The summed E-state index contributed by atoms with van der Waals surface area (Å²) in [7, 11) is 0. The number of anilines is 1. The van der Waals surface area contributed by atoms with Crippen LogP contribution in [0.1, 0.15) is 30.6 Å². The summed E-state index contributed by atoms with van der Waals surface area (Å²) < 4.78 is 43.1. The monoisotopic (exact) mass is 355 g/mol. The molecule has 2 aromatic heterocycles. The van der Waals surface area contributed by atoms with Crippen LogP contribution in [0.2, 0.25) is 0 Å². The molecule has 25 heavy (non-hydrogen) atoms. The molecule has 0 N–H and O–H groups in total. The molecule has 1 aliphatic rings. The molecule has 0 unspecified atom stereocenters. The van der Waals surface area contributed by atoms with Crippen LogP contribution >= 0.6 is 0 Å². The third-order valence-electron chi connectivity index (χ3n) is 4.17. The van der Waals surface area contributed by atoms with Gasteiger partial charge in [-0.15, -0.1) is 0 Å². The fourth-order valence-electron chi connectivity index (χ4n) is 2.79. The predicted molar refractivity (Wildman–Crippen MR) is 85.0 cm³/mol. The van der Waals surface area contributed by atoms with E-state index in [4.69, 9.17) is 4.52 Å². The predicted octanol–water partition coefficient (Wildman–Crippen LogP) is 2.76. The van der Waals surface area contributed by atoms with Gasteiger partial charge in [-0.05, 0) is 18.6 Å². The molecule has 3 rings (SSSR count). The fraction of sp³-hybridized carbons (Fsp3) is 0.562. The van der Waals surface area contributed by atoms with Crippen molar-refractivity contribution in [3.63, 3.8) is 0 Å². The molecule has 1 aliphatic heterocycles. The summed E-state index contributed by atoms with van der Waals surface area (Å²) in [5.41, 5.74) is -0.726. The highest BCUT2D eigenvalue weighted by Gasteiger charge is 2.31. The zero-order valence-corrected chi connectivity index (χ0v) is 14.0. The molecular weight excluding hydrogens is 335 g/mol. The Hall–Kier alpha value is -2.16. The van der Waals surface area contributed by atoms with Gasteiger partial charge >= 0.3 is 6.18 Å². The van der Waals surface area contributed by atoms with Gasteiger partial charge in [-0.25, -0.2) is 4.98 Å². The van der Waals surface area contributed by atoms with Crippen LogP contribution in [-0.4, -0.2) is 46.2 Å². The van der Waals surface area contributed by atoms with E-state index in [2.05, 4.69) is 20.0 Å². The average Bonchev–Trinajstić information content (AvgIpc) is 2.91. The van der Waals surface area contributed by atoms with Crippen LogP contribution in [0.15, 0.2) is 22.9 Å². The molecule has 9 heteroatoms. The van der Waals surface area contributed by atoms with Gasteiger partial charge in [0.1, 0.15) is 5.82 Å². The van der Waals surface area contributed by atoms with Crippen molar-refractivity contribution < 1.29 is 17.7 Å². The molecule has 1 fully saturated rings. The van der Waals surface area contributed by atoms with Gasteiger partial charge in [0.25, 0.3) is 0 Å². The van der Waals surface area contributed by atoms with Crippen molar-refractivity contribution in [2.24, 2.45) is 0 Å². The molecule has 0 radical (unpaired) electrons. The smallest absolute Gasteiger partial charge is 0.355 e. The summed E-state index contributed by atoms with van der Waals surface area (Å²) >= 11 is 0. The van der Waals surface area contributed by atoms with E-state index in [9.17, 15) is 13.2 Å². The van der Waals surface area contributed by atoms with E-state index in [0.29, 0.717) is 30.6 Å². The first-order valence-electron chi connectivity index (χ1n) is 8.27. The molecule has 0 aliphatic carbocycles. The lowest BCUT2D eigenvalue weighted by atomic mass is 10.2. The molecule has 6 nitrogen and oxygen atoms in total. The Bertz CT molecular complexity index is 686. The van der Waals surface area contributed by atoms with Crippen LogP contribution in [0, 0.1) is 0 Å². The van der Waals surface area contributed by atoms with E-state index in [0.717, 1.165) is 44.7 Å². The Balaban J connectivity index is 1.59. The highest BCUT2D eigenvalue weighted by Crippen LogP contribution is 2.29. The molecular formula is C16H20F3N5O. The molecule has 0 aromatic carbocycles. The number of hydrogen-bond donors (Lipinski definition) is 0. The number of pyridine rings is 1. The fourth-order valence-corrected chi connectivity index (χ4v) is 2.79. The zero-order chi connectivity index (χ0) is 17.9. The zero-order valence-electron chi connectivity index (χ0n) is 14.0. The van der Waals surface area contributed by atoms with Crippen LogP contribution in [0.5, 0.6) is 0 Å². The van der Waals surface area contributed by atoms with Crippen molar-refractivity contribution in [1.29, 1.82) is 0 Å². The minimum absolute atomic E-state index is 0.570. The first kappa shape index (κ1) is 17.7. The first-order chi connectivity index (χ1) is 12.0. The molecule has 0 spiro atoms. The van der Waals surface area contributed by atoms with Gasteiger partial charge in [-0.2, -0.15) is 18.2 Å². The minimum Gasteiger partial charge on any atom is -0.355 e. The molecule has 136 valence electrons. The maximum absolute atomic E-state index is 12.6. The van der Waals surface area contributed by atoms with E-state index in [-0.39, 0.29) is 0 Å². The van der Waals surface area contributed by atoms with E-state index in [1.807, 2.05) is 11.8 Å². The topological polar surface area (TPSA) is 58.3 Å². The number of hydrogen-bond acceptors (Lipinski definition) is 6. The number of nitrogens with zero attached hydrogens (tertiary/aromatic N) is 5. The van der Waals surface area contributed by atoms with Gasteiger partial charge in [0, 0.05) is 38.8 Å². The molecule has 0 bridgehead atoms. The maximum atomic E-state index is 12.6. The van der Waals surface area contributed by atoms with E-state index in [1.165, 1.54) is 6.07 Å². The Labute approximate surface area is 143 Å². The largest absolute Gasteiger partial charge is 0.417 e. The van der Waals surface area contributed by atoms with Gasteiger partial charge in [0.15, 0.2) is 5.82 Å². The van der Waals surface area contributed by atoms with E-state index >= 15 is 0 Å². The van der Waals surface area contributed by atoms with Crippen molar-refractivity contribution >= 4 is 5.82 Å². The van der Waals surface area contributed by atoms with Crippen molar-refractivity contribution in [1.82, 2.24) is 20.0 Å². The van der Waals surface area contributed by atoms with Gasteiger partial charge in [0.2, 0.25) is 5.89 Å². The van der Waals surface area contributed by atoms with Gasteiger partial charge in [-0.1, -0.05) is 12.1 Å². The SMILES string of the molecule is CCc1noc(CN2CCCN(c3ccc(C(F)(F)F)cn3)CC2)n1. The van der Waals surface area contributed by atoms with Crippen LogP contribution < -0.4 is 4.90 Å². The summed E-state index contributed by atoms with van der Waals surface area (Å²) in [4.78, 5) is 12.5. The maximum Gasteiger partial charge on any atom is 0.417 e. The van der Waals surface area contributed by atoms with Crippen molar-refractivity contribution in [3.8, 4) is 0 Å². The van der Waals surface area contributed by atoms with Crippen LogP contribution in [-0.2, 0) is 19.1 Å². The number of alkyl halides is 3. The molecule has 0 atom stereocenters. The Morgan fingerprint density at radius 3 is 2.64 bits per heavy atom. The number of aromatic nitrogens is 3. The lowest BCUT2D eigenvalue weighted by Crippen LogP contribution is -2.31. The summed E-state index contributed by atoms with van der Waals surface area (Å²) in [5, 5.41) is 3.89. The second-order valence-electron chi connectivity index (χ2n) is 5.98. The summed E-state index contributed by atoms with van der Waals surface area (Å²) in [6.45, 7) is 5.61. The number of halogens is 3. The second kappa shape index (κ2) is 7.38. The van der Waals surface area contributed by atoms with Crippen molar-refractivity contribution in [3.05, 3.63) is 35.6 Å². The lowest BCUT2D eigenvalue weighted by molar-refractivity contribution is -0.137. The molecule has 0 saturated carbocycles. The van der Waals surface area contributed by atoms with Crippen LogP contribution in [0.3, 0.4) is 0 Å². The molecule has 2 aromatic rings. The van der Waals surface area contributed by atoms with E-state index in [1.54, 1.807) is 0 Å². The molecule has 0 amide bonds. The number of aryl methyl sites for hydroxylation is 1. The Morgan fingerprint density at radius 1 is 1.16 bits per heavy atom. The van der Waals surface area contributed by atoms with Crippen LogP contribution in [0.25, 0.3) is 0 Å². The average molecular weight is 355 g/mol. The third kappa shape index (κ3) is 4.47. The summed E-state index contributed by atoms with van der Waals surface area (Å²) in [5.74, 6) is 1.86. The lowest BCUT2D eigenvalue weighted by Gasteiger charge is -2.22.